The van der Waals surface area contributed by atoms with Gasteiger partial charge in [0.25, 0.3) is 10.0 Å². The minimum Gasteiger partial charge on any atom is -0.444 e. The van der Waals surface area contributed by atoms with Crippen LogP contribution in [0.1, 0.15) is 37.5 Å². The second-order valence-electron chi connectivity index (χ2n) is 8.58. The van der Waals surface area contributed by atoms with Crippen LogP contribution in [0.2, 0.25) is 0 Å². The van der Waals surface area contributed by atoms with Crippen LogP contribution in [0.5, 0.6) is 0 Å². The van der Waals surface area contributed by atoms with Gasteiger partial charge < -0.3 is 9.64 Å². The molecule has 2 aromatic rings. The van der Waals surface area contributed by atoms with Crippen molar-refractivity contribution in [1.82, 2.24) is 4.90 Å². The van der Waals surface area contributed by atoms with Crippen LogP contribution in [0.4, 0.5) is 23.7 Å². The predicted octanol–water partition coefficient (Wildman–Crippen LogP) is 4.84. The number of benzene rings is 2. The molecule has 0 aromatic heterocycles. The van der Waals surface area contributed by atoms with Crippen molar-refractivity contribution in [3.8, 4) is 0 Å². The number of anilines is 1. The summed E-state index contributed by atoms with van der Waals surface area (Å²) in [5, 5.41) is 0. The van der Waals surface area contributed by atoms with Gasteiger partial charge in [-0.15, -0.1) is 0 Å². The number of carbonyl (C=O) groups is 1. The van der Waals surface area contributed by atoms with Gasteiger partial charge >= 0.3 is 12.3 Å². The van der Waals surface area contributed by atoms with Crippen molar-refractivity contribution in [2.24, 2.45) is 0 Å². The van der Waals surface area contributed by atoms with Gasteiger partial charge in [-0.3, -0.25) is 4.72 Å². The summed E-state index contributed by atoms with van der Waals surface area (Å²) < 4.78 is 71.4. The first-order valence-electron chi connectivity index (χ1n) is 10.0. The third kappa shape index (κ3) is 5.93. The van der Waals surface area contributed by atoms with Crippen LogP contribution in [0.3, 0.4) is 0 Å². The van der Waals surface area contributed by atoms with Crippen LogP contribution in [0, 0.1) is 0 Å². The fourth-order valence-corrected chi connectivity index (χ4v) is 4.43. The molecule has 174 valence electrons. The average molecular weight is 471 g/mol. The van der Waals surface area contributed by atoms with Gasteiger partial charge in [0.2, 0.25) is 0 Å². The Bertz CT molecular complexity index is 1090. The summed E-state index contributed by atoms with van der Waals surface area (Å²) in [7, 11) is -4.00. The van der Waals surface area contributed by atoms with E-state index in [9.17, 15) is 26.4 Å². The minimum atomic E-state index is -4.50. The number of alkyl halides is 3. The van der Waals surface area contributed by atoms with Crippen molar-refractivity contribution >= 4 is 21.8 Å². The van der Waals surface area contributed by atoms with Crippen molar-refractivity contribution in [1.29, 1.82) is 0 Å². The van der Waals surface area contributed by atoms with E-state index in [2.05, 4.69) is 4.72 Å². The van der Waals surface area contributed by atoms with Crippen molar-refractivity contribution in [3.05, 3.63) is 59.2 Å². The van der Waals surface area contributed by atoms with E-state index in [4.69, 9.17) is 4.74 Å². The first-order chi connectivity index (χ1) is 14.7. The van der Waals surface area contributed by atoms with E-state index in [0.717, 1.165) is 35.4 Å². The highest BCUT2D eigenvalue weighted by Gasteiger charge is 2.30. The smallest absolute Gasteiger partial charge is 0.416 e. The Labute approximate surface area is 185 Å². The van der Waals surface area contributed by atoms with Gasteiger partial charge in [-0.2, -0.15) is 13.2 Å². The fraction of sp³-hybridized carbons (Fsp3) is 0.409. The molecule has 2 aromatic carbocycles. The number of sulfonamides is 1. The lowest BCUT2D eigenvalue weighted by Crippen LogP contribution is -2.38. The second-order valence-corrected chi connectivity index (χ2v) is 10.3. The Morgan fingerprint density at radius 3 is 2.12 bits per heavy atom. The molecule has 1 N–H and O–H groups in total. The average Bonchev–Trinajstić information content (AvgIpc) is 2.88. The number of halogens is 3. The number of nitrogens with one attached hydrogen (secondary N) is 1. The highest BCUT2D eigenvalue weighted by molar-refractivity contribution is 7.92. The zero-order chi connectivity index (χ0) is 23.7. The maximum absolute atomic E-state index is 12.8. The van der Waals surface area contributed by atoms with Gasteiger partial charge in [-0.25, -0.2) is 13.2 Å². The third-order valence-electron chi connectivity index (χ3n) is 4.91. The van der Waals surface area contributed by atoms with Gasteiger partial charge in [0.1, 0.15) is 5.60 Å². The van der Waals surface area contributed by atoms with Crippen molar-refractivity contribution in [2.75, 3.05) is 17.8 Å². The lowest BCUT2D eigenvalue weighted by Gasteiger charge is -2.26. The Kier molecular flexibility index (Phi) is 6.46. The van der Waals surface area contributed by atoms with Gasteiger partial charge in [-0.1, -0.05) is 6.07 Å². The molecule has 0 saturated heterocycles. The predicted molar refractivity (Wildman–Crippen MR) is 114 cm³/mol. The zero-order valence-corrected chi connectivity index (χ0v) is 18.8. The molecule has 0 radical (unpaired) electrons. The van der Waals surface area contributed by atoms with Crippen molar-refractivity contribution in [2.45, 2.75) is 50.3 Å². The monoisotopic (exact) mass is 470 g/mol. The van der Waals surface area contributed by atoms with Crippen LogP contribution in [0.15, 0.2) is 47.4 Å². The number of amides is 1. The molecular weight excluding hydrogens is 445 g/mol. The van der Waals surface area contributed by atoms with Gasteiger partial charge in [-0.05, 0) is 81.1 Å². The molecule has 0 atom stereocenters. The van der Waals surface area contributed by atoms with Crippen LogP contribution < -0.4 is 4.72 Å². The Balaban J connectivity index is 1.74. The Hall–Kier alpha value is -2.75. The molecular formula is C22H25F3N2O4S. The topological polar surface area (TPSA) is 75.7 Å². The van der Waals surface area contributed by atoms with Crippen LogP contribution in [-0.2, 0) is 33.8 Å². The standard InChI is InChI=1S/C22H25F3N2O4S/c1-21(2,3)31-20(28)27-12-10-15-4-9-19(14-16(15)11-13-27)32(29,30)26-18-7-5-17(6-8-18)22(23,24)25/h4-9,14,26H,10-13H2,1-3H3. The largest absolute Gasteiger partial charge is 0.444 e. The quantitative estimate of drug-likeness (QED) is 0.697. The number of rotatable bonds is 3. The summed E-state index contributed by atoms with van der Waals surface area (Å²) in [6.07, 6.45) is -3.90. The molecule has 1 aliphatic heterocycles. The summed E-state index contributed by atoms with van der Waals surface area (Å²) in [5.41, 5.74) is 0.293. The fourth-order valence-electron chi connectivity index (χ4n) is 3.32. The molecule has 1 aliphatic rings. The summed E-state index contributed by atoms with van der Waals surface area (Å²) in [5.74, 6) is 0. The van der Waals surface area contributed by atoms with Gasteiger partial charge in [0.15, 0.2) is 0 Å². The van der Waals surface area contributed by atoms with Gasteiger partial charge in [0.05, 0.1) is 10.5 Å². The zero-order valence-electron chi connectivity index (χ0n) is 18.0. The van der Waals surface area contributed by atoms with E-state index < -0.39 is 33.5 Å². The first-order valence-corrected chi connectivity index (χ1v) is 11.5. The lowest BCUT2D eigenvalue weighted by molar-refractivity contribution is -0.137. The molecule has 32 heavy (non-hydrogen) atoms. The van der Waals surface area contributed by atoms with Gasteiger partial charge in [0, 0.05) is 18.8 Å². The number of hydrogen-bond acceptors (Lipinski definition) is 4. The number of carbonyl (C=O) groups excluding carboxylic acids is 1. The van der Waals surface area contributed by atoms with E-state index in [1.54, 1.807) is 37.8 Å². The Morgan fingerprint density at radius 1 is 0.969 bits per heavy atom. The molecule has 0 aliphatic carbocycles. The molecule has 0 fully saturated rings. The number of fused-ring (bicyclic) bond motifs is 1. The second kappa shape index (κ2) is 8.65. The molecule has 6 nitrogen and oxygen atoms in total. The molecule has 0 spiro atoms. The summed E-state index contributed by atoms with van der Waals surface area (Å²) >= 11 is 0. The number of ether oxygens (including phenoxy) is 1. The van der Waals surface area contributed by atoms with E-state index in [1.807, 2.05) is 0 Å². The van der Waals surface area contributed by atoms with E-state index in [-0.39, 0.29) is 10.6 Å². The molecule has 0 bridgehead atoms. The highest BCUT2D eigenvalue weighted by atomic mass is 32.2. The molecule has 3 rings (SSSR count). The van der Waals surface area contributed by atoms with E-state index >= 15 is 0 Å². The normalized spacial score (nSPS) is 15.0. The maximum atomic E-state index is 12.8. The van der Waals surface area contributed by atoms with Crippen LogP contribution in [0.25, 0.3) is 0 Å². The maximum Gasteiger partial charge on any atom is 0.416 e. The van der Waals surface area contributed by atoms with Crippen LogP contribution >= 0.6 is 0 Å². The Morgan fingerprint density at radius 2 is 1.56 bits per heavy atom. The molecule has 1 heterocycles. The summed E-state index contributed by atoms with van der Waals surface area (Å²) in [4.78, 5) is 14.0. The van der Waals surface area contributed by atoms with E-state index in [0.29, 0.717) is 25.9 Å². The molecule has 10 heteroatoms. The van der Waals surface area contributed by atoms with Crippen molar-refractivity contribution in [3.63, 3.8) is 0 Å². The highest BCUT2D eigenvalue weighted by Crippen LogP contribution is 2.30. The molecule has 0 saturated carbocycles. The minimum absolute atomic E-state index is 0.00173. The SMILES string of the molecule is CC(C)(C)OC(=O)N1CCc2ccc(S(=O)(=O)Nc3ccc(C(F)(F)F)cc3)cc2CC1. The molecule has 0 unspecified atom stereocenters. The number of nitrogens with zero attached hydrogens (tertiary/aromatic N) is 1. The summed E-state index contributed by atoms with van der Waals surface area (Å²) in [6, 6.07) is 8.48. The van der Waals surface area contributed by atoms with Crippen molar-refractivity contribution < 1.29 is 31.1 Å². The number of hydrogen-bond donors (Lipinski definition) is 1. The van der Waals surface area contributed by atoms with Crippen LogP contribution in [-0.4, -0.2) is 38.1 Å². The first kappa shape index (κ1) is 23.9. The molecule has 1 amide bonds. The summed E-state index contributed by atoms with van der Waals surface area (Å²) in [6.45, 7) is 6.21. The third-order valence-corrected chi connectivity index (χ3v) is 6.29. The van der Waals surface area contributed by atoms with E-state index in [1.165, 1.54) is 6.07 Å². The lowest BCUT2D eigenvalue weighted by atomic mass is 10.0.